The van der Waals surface area contributed by atoms with Crippen LogP contribution in [0.4, 0.5) is 0 Å². The number of aromatic amines is 2. The highest BCUT2D eigenvalue weighted by molar-refractivity contribution is 14.1. The van der Waals surface area contributed by atoms with E-state index in [2.05, 4.69) is 48.5 Å². The van der Waals surface area contributed by atoms with Crippen LogP contribution >= 0.6 is 38.5 Å². The van der Waals surface area contributed by atoms with E-state index in [9.17, 15) is 4.79 Å². The number of halogens is 2. The summed E-state index contributed by atoms with van der Waals surface area (Å²) in [6.07, 6.45) is 0. The van der Waals surface area contributed by atoms with Crippen molar-refractivity contribution >= 4 is 49.6 Å². The van der Waals surface area contributed by atoms with Crippen LogP contribution in [0.15, 0.2) is 21.4 Å². The van der Waals surface area contributed by atoms with Crippen LogP contribution in [0.3, 0.4) is 0 Å². The SMILES string of the molecule is O=c1[nH]c2cc(Br)c(I)cc2[nH]1. The second-order valence-corrected chi connectivity index (χ2v) is 4.41. The summed E-state index contributed by atoms with van der Waals surface area (Å²) in [5, 5.41) is 0. The molecule has 1 aromatic heterocycles. The number of hydrogen-bond donors (Lipinski definition) is 2. The molecule has 2 aromatic rings. The van der Waals surface area contributed by atoms with Gasteiger partial charge in [0.05, 0.1) is 11.0 Å². The third-order valence-corrected chi connectivity index (χ3v) is 3.85. The van der Waals surface area contributed by atoms with Crippen LogP contribution in [0.1, 0.15) is 0 Å². The van der Waals surface area contributed by atoms with Crippen LogP contribution in [0.2, 0.25) is 0 Å². The molecule has 62 valence electrons. The van der Waals surface area contributed by atoms with Crippen LogP contribution < -0.4 is 5.69 Å². The molecular weight excluding hydrogens is 335 g/mol. The van der Waals surface area contributed by atoms with Gasteiger partial charge < -0.3 is 9.97 Å². The number of H-pyrrole nitrogens is 2. The van der Waals surface area contributed by atoms with Gasteiger partial charge in [0.15, 0.2) is 0 Å². The lowest BCUT2D eigenvalue weighted by Gasteiger charge is -1.94. The van der Waals surface area contributed by atoms with Crippen LogP contribution in [0, 0.1) is 3.57 Å². The molecule has 0 aliphatic carbocycles. The average Bonchev–Trinajstić information content (AvgIpc) is 2.30. The van der Waals surface area contributed by atoms with Crippen molar-refractivity contribution in [2.24, 2.45) is 0 Å². The molecule has 3 nitrogen and oxygen atoms in total. The largest absolute Gasteiger partial charge is 0.323 e. The highest BCUT2D eigenvalue weighted by Crippen LogP contribution is 2.22. The van der Waals surface area contributed by atoms with E-state index >= 15 is 0 Å². The predicted molar refractivity (Wildman–Crippen MR) is 59.3 cm³/mol. The first-order chi connectivity index (χ1) is 5.66. The maximum Gasteiger partial charge on any atom is 0.323 e. The van der Waals surface area contributed by atoms with Crippen LogP contribution in [-0.2, 0) is 0 Å². The lowest BCUT2D eigenvalue weighted by Crippen LogP contribution is -1.99. The first kappa shape index (κ1) is 8.31. The summed E-state index contributed by atoms with van der Waals surface area (Å²) in [7, 11) is 0. The fourth-order valence-corrected chi connectivity index (χ4v) is 1.84. The predicted octanol–water partition coefficient (Wildman–Crippen LogP) is 2.22. The zero-order chi connectivity index (χ0) is 8.72. The molecule has 0 bridgehead atoms. The van der Waals surface area contributed by atoms with E-state index in [0.29, 0.717) is 0 Å². The van der Waals surface area contributed by atoms with Crippen LogP contribution in [0.5, 0.6) is 0 Å². The lowest BCUT2D eigenvalue weighted by atomic mass is 10.3. The van der Waals surface area contributed by atoms with Crippen molar-refractivity contribution in [3.63, 3.8) is 0 Å². The van der Waals surface area contributed by atoms with Crippen molar-refractivity contribution in [1.29, 1.82) is 0 Å². The summed E-state index contributed by atoms with van der Waals surface area (Å²) >= 11 is 5.58. The Hall–Kier alpha value is -0.300. The fraction of sp³-hybridized carbons (Fsp3) is 0. The summed E-state index contributed by atoms with van der Waals surface area (Å²) in [6, 6.07) is 3.80. The molecule has 1 aromatic carbocycles. The number of imidazole rings is 1. The molecule has 0 aliphatic rings. The topological polar surface area (TPSA) is 48.6 Å². The molecule has 0 saturated heterocycles. The smallest absolute Gasteiger partial charge is 0.306 e. The van der Waals surface area contributed by atoms with Crippen molar-refractivity contribution in [3.05, 3.63) is 30.7 Å². The standard InChI is InChI=1S/C7H4BrIN2O/c8-3-1-5-6(2-4(3)9)11-7(12)10-5/h1-2H,(H2,10,11,12). The molecule has 0 fully saturated rings. The Morgan fingerprint density at radius 2 is 1.83 bits per heavy atom. The van der Waals surface area contributed by atoms with Crippen molar-refractivity contribution in [2.75, 3.05) is 0 Å². The van der Waals surface area contributed by atoms with Crippen molar-refractivity contribution in [3.8, 4) is 0 Å². The van der Waals surface area contributed by atoms with Crippen LogP contribution in [0.25, 0.3) is 11.0 Å². The van der Waals surface area contributed by atoms with E-state index in [-0.39, 0.29) is 5.69 Å². The Bertz CT molecular complexity index is 446. The molecule has 12 heavy (non-hydrogen) atoms. The van der Waals surface area contributed by atoms with Gasteiger partial charge in [-0.05, 0) is 50.7 Å². The summed E-state index contributed by atoms with van der Waals surface area (Å²) in [5.74, 6) is 0. The molecule has 0 unspecified atom stereocenters. The number of rotatable bonds is 0. The Labute approximate surface area is 89.8 Å². The second kappa shape index (κ2) is 2.88. The molecule has 0 amide bonds. The van der Waals surface area contributed by atoms with Gasteiger partial charge in [-0.15, -0.1) is 0 Å². The fourth-order valence-electron chi connectivity index (χ4n) is 1.03. The van der Waals surface area contributed by atoms with E-state index in [1.807, 2.05) is 12.1 Å². The Kier molecular flexibility index (Phi) is 1.99. The van der Waals surface area contributed by atoms with E-state index in [1.54, 1.807) is 0 Å². The van der Waals surface area contributed by atoms with Gasteiger partial charge in [0, 0.05) is 8.04 Å². The number of fused-ring (bicyclic) bond motifs is 1. The maximum atomic E-state index is 10.9. The molecule has 0 saturated carbocycles. The Morgan fingerprint density at radius 3 is 2.50 bits per heavy atom. The van der Waals surface area contributed by atoms with Gasteiger partial charge in [-0.25, -0.2) is 4.79 Å². The highest BCUT2D eigenvalue weighted by Gasteiger charge is 2.01. The van der Waals surface area contributed by atoms with E-state index in [1.165, 1.54) is 0 Å². The summed E-state index contributed by atoms with van der Waals surface area (Å²) < 4.78 is 2.07. The maximum absolute atomic E-state index is 10.9. The van der Waals surface area contributed by atoms with Gasteiger partial charge in [-0.3, -0.25) is 0 Å². The minimum atomic E-state index is -0.168. The molecule has 0 radical (unpaired) electrons. The Morgan fingerprint density at radius 1 is 1.25 bits per heavy atom. The highest BCUT2D eigenvalue weighted by atomic mass is 127. The van der Waals surface area contributed by atoms with Gasteiger partial charge in [-0.2, -0.15) is 0 Å². The van der Waals surface area contributed by atoms with Crippen molar-refractivity contribution in [1.82, 2.24) is 9.97 Å². The summed E-state index contributed by atoms with van der Waals surface area (Å²) in [4.78, 5) is 16.3. The molecule has 5 heteroatoms. The first-order valence-corrected chi connectivity index (χ1v) is 5.11. The van der Waals surface area contributed by atoms with Gasteiger partial charge in [0.1, 0.15) is 0 Å². The molecule has 0 aliphatic heterocycles. The van der Waals surface area contributed by atoms with Gasteiger partial charge in [-0.1, -0.05) is 0 Å². The first-order valence-electron chi connectivity index (χ1n) is 3.24. The van der Waals surface area contributed by atoms with Gasteiger partial charge in [0.25, 0.3) is 0 Å². The number of nitrogens with one attached hydrogen (secondary N) is 2. The zero-order valence-electron chi connectivity index (χ0n) is 5.82. The molecule has 0 spiro atoms. The van der Waals surface area contributed by atoms with Crippen LogP contribution in [-0.4, -0.2) is 9.97 Å². The molecule has 1 heterocycles. The quantitative estimate of drug-likeness (QED) is 0.711. The third-order valence-electron chi connectivity index (χ3n) is 1.56. The summed E-state index contributed by atoms with van der Waals surface area (Å²) in [6.45, 7) is 0. The average molecular weight is 339 g/mol. The molecular formula is C7H4BrIN2O. The number of aromatic nitrogens is 2. The Balaban J connectivity index is 2.92. The van der Waals surface area contributed by atoms with E-state index < -0.39 is 0 Å². The van der Waals surface area contributed by atoms with E-state index in [0.717, 1.165) is 19.1 Å². The molecule has 0 atom stereocenters. The monoisotopic (exact) mass is 338 g/mol. The molecule has 2 rings (SSSR count). The van der Waals surface area contributed by atoms with Crippen molar-refractivity contribution < 1.29 is 0 Å². The zero-order valence-corrected chi connectivity index (χ0v) is 9.56. The normalized spacial score (nSPS) is 10.8. The minimum absolute atomic E-state index is 0.168. The summed E-state index contributed by atoms with van der Waals surface area (Å²) in [5.41, 5.74) is 1.50. The van der Waals surface area contributed by atoms with Crippen molar-refractivity contribution in [2.45, 2.75) is 0 Å². The number of hydrogen-bond acceptors (Lipinski definition) is 1. The van der Waals surface area contributed by atoms with Gasteiger partial charge in [0.2, 0.25) is 0 Å². The minimum Gasteiger partial charge on any atom is -0.306 e. The second-order valence-electron chi connectivity index (χ2n) is 2.39. The third kappa shape index (κ3) is 1.31. The number of benzene rings is 1. The van der Waals surface area contributed by atoms with E-state index in [4.69, 9.17) is 0 Å². The molecule has 2 N–H and O–H groups in total. The van der Waals surface area contributed by atoms with Gasteiger partial charge >= 0.3 is 5.69 Å². The lowest BCUT2D eigenvalue weighted by molar-refractivity contribution is 1.21.